The van der Waals surface area contributed by atoms with Crippen molar-refractivity contribution < 1.29 is 33.7 Å². The van der Waals surface area contributed by atoms with Crippen LogP contribution in [0.25, 0.3) is 0 Å². The van der Waals surface area contributed by atoms with E-state index in [-0.39, 0.29) is 57.3 Å². The van der Waals surface area contributed by atoms with E-state index in [9.17, 15) is 19.5 Å². The van der Waals surface area contributed by atoms with E-state index in [1.807, 2.05) is 10.8 Å². The first-order chi connectivity index (χ1) is 26.1. The van der Waals surface area contributed by atoms with Crippen LogP contribution in [0, 0.1) is 0 Å². The first-order valence-corrected chi connectivity index (χ1v) is 25.3. The van der Waals surface area contributed by atoms with Gasteiger partial charge in [0.1, 0.15) is 19.9 Å². The van der Waals surface area contributed by atoms with Gasteiger partial charge >= 0.3 is 11.9 Å². The number of imidazole rings is 1. The number of carbonyl (C=O) groups is 3. The molecule has 0 saturated heterocycles. The predicted molar refractivity (Wildman–Crippen MR) is 221 cm³/mol. The smallest absolute Gasteiger partial charge is 0.305 e. The Kier molecular flexibility index (Phi) is 30.3. The lowest BCUT2D eigenvalue weighted by Gasteiger charge is -2.27. The number of ether oxygens (including phenoxy) is 3. The summed E-state index contributed by atoms with van der Waals surface area (Å²) in [6, 6.07) is 0.401. The monoisotopic (exact) mass is 781 g/mol. The third-order valence-corrected chi connectivity index (χ3v) is 11.4. The van der Waals surface area contributed by atoms with Gasteiger partial charge in [-0.05, 0) is 18.9 Å². The molecular weight excluding hydrogens is 701 g/mol. The summed E-state index contributed by atoms with van der Waals surface area (Å²) in [5.41, 5.74) is 0.715. The summed E-state index contributed by atoms with van der Waals surface area (Å²) in [5, 5.41) is 12.7. The number of hydrogen-bond donors (Lipinski definition) is 2. The summed E-state index contributed by atoms with van der Waals surface area (Å²) in [6.07, 6.45) is 25.7. The highest BCUT2D eigenvalue weighted by Crippen LogP contribution is 2.13. The van der Waals surface area contributed by atoms with Gasteiger partial charge in [0.25, 0.3) is 0 Å². The van der Waals surface area contributed by atoms with Crippen molar-refractivity contribution in [1.82, 2.24) is 19.8 Å². The van der Waals surface area contributed by atoms with Crippen LogP contribution < -0.4 is 5.32 Å². The highest BCUT2D eigenvalue weighted by atomic mass is 28.3. The number of aromatic nitrogens is 2. The Morgan fingerprint density at radius 3 is 1.70 bits per heavy atom. The Morgan fingerprint density at radius 1 is 0.759 bits per heavy atom. The van der Waals surface area contributed by atoms with Gasteiger partial charge in [0, 0.05) is 46.7 Å². The topological polar surface area (TPSA) is 132 Å². The molecule has 0 aliphatic rings. The number of aliphatic hydroxyl groups excluding tert-OH is 1. The molecule has 0 aliphatic heterocycles. The molecule has 0 radical (unpaired) electrons. The molecule has 54 heavy (non-hydrogen) atoms. The van der Waals surface area contributed by atoms with Gasteiger partial charge in [-0.1, -0.05) is 136 Å². The molecule has 0 saturated carbocycles. The van der Waals surface area contributed by atoms with E-state index in [4.69, 9.17) is 14.2 Å². The van der Waals surface area contributed by atoms with Crippen LogP contribution in [0.15, 0.2) is 12.5 Å². The second kappa shape index (κ2) is 32.9. The van der Waals surface area contributed by atoms with Crippen LogP contribution in [-0.4, -0.2) is 97.6 Å². The first kappa shape index (κ1) is 49.7. The number of carbonyl (C=O) groups excluding carboxylic acids is 3. The fourth-order valence-electron chi connectivity index (χ4n) is 6.22. The second-order valence-electron chi connectivity index (χ2n) is 16.1. The molecule has 1 heterocycles. The number of nitrogens with zero attached hydrogens (tertiary/aromatic N) is 3. The Balaban J connectivity index is 2.70. The van der Waals surface area contributed by atoms with Crippen molar-refractivity contribution in [2.45, 2.75) is 187 Å². The Hall–Kier alpha value is -2.28. The van der Waals surface area contributed by atoms with Gasteiger partial charge in [-0.3, -0.25) is 14.4 Å². The molecule has 0 aliphatic carbocycles. The summed E-state index contributed by atoms with van der Waals surface area (Å²) in [4.78, 5) is 45.1. The van der Waals surface area contributed by atoms with Crippen molar-refractivity contribution in [3.05, 3.63) is 18.2 Å². The molecule has 0 fully saturated rings. The predicted octanol–water partition coefficient (Wildman–Crippen LogP) is 8.45. The number of nitrogens with one attached hydrogen (secondary N) is 1. The van der Waals surface area contributed by atoms with Crippen LogP contribution in [0.3, 0.4) is 0 Å². The SMILES string of the molecule is CCCCCCCCCCCC(=O)OCCN(CCOC(=O)CCCCCCCCCCC)C(=O)[C@H](Cc1cn(COCC[Si](C)(C)C)cn1)NCCO. The summed E-state index contributed by atoms with van der Waals surface area (Å²) in [6.45, 7) is 13.1. The number of amides is 1. The van der Waals surface area contributed by atoms with Crippen molar-refractivity contribution >= 4 is 25.9 Å². The molecule has 1 aromatic heterocycles. The van der Waals surface area contributed by atoms with Crippen LogP contribution in [0.4, 0.5) is 0 Å². The summed E-state index contributed by atoms with van der Waals surface area (Å²) < 4.78 is 18.8. The van der Waals surface area contributed by atoms with Gasteiger partial charge in [-0.25, -0.2) is 4.98 Å². The number of rotatable bonds is 37. The number of unbranched alkanes of at least 4 members (excludes halogenated alkanes) is 16. The zero-order valence-corrected chi connectivity index (χ0v) is 36.2. The van der Waals surface area contributed by atoms with E-state index in [2.05, 4.69) is 43.8 Å². The minimum absolute atomic E-state index is 0.0600. The van der Waals surface area contributed by atoms with Gasteiger partial charge in [0.05, 0.1) is 37.8 Å². The molecule has 1 rings (SSSR count). The maximum Gasteiger partial charge on any atom is 0.305 e. The fourth-order valence-corrected chi connectivity index (χ4v) is 6.98. The molecule has 11 nitrogen and oxygen atoms in total. The normalized spacial score (nSPS) is 12.2. The minimum Gasteiger partial charge on any atom is -0.464 e. The maximum atomic E-state index is 14.0. The van der Waals surface area contributed by atoms with E-state index in [0.717, 1.165) is 44.6 Å². The summed E-state index contributed by atoms with van der Waals surface area (Å²) in [5.74, 6) is -0.745. The molecule has 2 N–H and O–H groups in total. The van der Waals surface area contributed by atoms with Crippen LogP contribution in [0.1, 0.15) is 148 Å². The average Bonchev–Trinajstić information content (AvgIpc) is 3.59. The van der Waals surface area contributed by atoms with Gasteiger partial charge in [-0.2, -0.15) is 0 Å². The lowest BCUT2D eigenvalue weighted by Crippen LogP contribution is -2.50. The van der Waals surface area contributed by atoms with E-state index in [1.54, 1.807) is 11.2 Å². The number of aliphatic hydroxyl groups is 1. The first-order valence-electron chi connectivity index (χ1n) is 21.6. The van der Waals surface area contributed by atoms with Gasteiger partial charge in [0.15, 0.2) is 0 Å². The second-order valence-corrected chi connectivity index (χ2v) is 21.7. The van der Waals surface area contributed by atoms with Crippen LogP contribution in [0.5, 0.6) is 0 Å². The maximum absolute atomic E-state index is 14.0. The lowest BCUT2D eigenvalue weighted by molar-refractivity contribution is -0.148. The van der Waals surface area contributed by atoms with Crippen molar-refractivity contribution in [3.63, 3.8) is 0 Å². The highest BCUT2D eigenvalue weighted by molar-refractivity contribution is 6.76. The fraction of sp³-hybridized carbons (Fsp3) is 0.857. The molecule has 314 valence electrons. The van der Waals surface area contributed by atoms with E-state index in [1.165, 1.54) is 77.0 Å². The van der Waals surface area contributed by atoms with Crippen LogP contribution in [-0.2, 0) is 41.7 Å². The Bertz CT molecular complexity index is 1040. The van der Waals surface area contributed by atoms with Gasteiger partial charge in [-0.15, -0.1) is 0 Å². The molecular formula is C42H80N4O7Si. The van der Waals surface area contributed by atoms with Gasteiger partial charge in [0.2, 0.25) is 5.91 Å². The van der Waals surface area contributed by atoms with Crippen LogP contribution >= 0.6 is 0 Å². The minimum atomic E-state index is -1.19. The molecule has 1 aromatic rings. The third-order valence-electron chi connectivity index (χ3n) is 9.67. The van der Waals surface area contributed by atoms with E-state index < -0.39 is 14.1 Å². The zero-order chi connectivity index (χ0) is 39.7. The zero-order valence-electron chi connectivity index (χ0n) is 35.2. The Labute approximate surface area is 330 Å². The van der Waals surface area contributed by atoms with Crippen molar-refractivity contribution in [3.8, 4) is 0 Å². The van der Waals surface area contributed by atoms with Gasteiger partial charge < -0.3 is 34.1 Å². The summed E-state index contributed by atoms with van der Waals surface area (Å²) >= 11 is 0. The molecule has 1 amide bonds. The third kappa shape index (κ3) is 28.2. The van der Waals surface area contributed by atoms with E-state index >= 15 is 0 Å². The lowest BCUT2D eigenvalue weighted by atomic mass is 10.1. The molecule has 0 unspecified atom stereocenters. The van der Waals surface area contributed by atoms with Crippen molar-refractivity contribution in [2.75, 3.05) is 46.1 Å². The van der Waals surface area contributed by atoms with Crippen LogP contribution in [0.2, 0.25) is 25.7 Å². The largest absolute Gasteiger partial charge is 0.464 e. The molecule has 0 aromatic carbocycles. The highest BCUT2D eigenvalue weighted by Gasteiger charge is 2.26. The molecule has 12 heteroatoms. The van der Waals surface area contributed by atoms with Crippen molar-refractivity contribution in [1.29, 1.82) is 0 Å². The standard InChI is InChI=1S/C42H80N4O7Si/c1-6-8-10-12-14-16-18-20-22-24-40(48)52-30-27-46(28-31-53-41(49)25-23-21-19-17-15-13-11-9-7-2)42(50)39(43-26-29-47)34-38-35-45(36-44-38)37-51-32-33-54(3,4)5/h35-36,39,43,47H,6-34,37H2,1-5H3/t39-/m0/s1. The number of esters is 2. The molecule has 1 atom stereocenters. The average molecular weight is 781 g/mol. The number of hydrogen-bond acceptors (Lipinski definition) is 9. The van der Waals surface area contributed by atoms with Crippen molar-refractivity contribution in [2.24, 2.45) is 0 Å². The van der Waals surface area contributed by atoms with E-state index in [0.29, 0.717) is 38.3 Å². The molecule has 0 bridgehead atoms. The quantitative estimate of drug-likeness (QED) is 0.0388. The molecule has 0 spiro atoms. The Morgan fingerprint density at radius 2 is 1.24 bits per heavy atom. The summed E-state index contributed by atoms with van der Waals surface area (Å²) in [7, 11) is -1.19.